The topological polar surface area (TPSA) is 67.6 Å². The van der Waals surface area contributed by atoms with Crippen LogP contribution in [0.1, 0.15) is 32.1 Å². The average Bonchev–Trinajstić information content (AvgIpc) is 1.90. The van der Waals surface area contributed by atoms with Gasteiger partial charge in [-0.15, -0.1) is 12.4 Å². The zero-order valence-electron chi connectivity index (χ0n) is 6.05. The van der Waals surface area contributed by atoms with Crippen LogP contribution in [-0.4, -0.2) is 10.9 Å². The lowest BCUT2D eigenvalue weighted by Crippen LogP contribution is -2.03. The van der Waals surface area contributed by atoms with Crippen LogP contribution >= 0.6 is 12.4 Å². The Morgan fingerprint density at radius 2 is 1.60 bits per heavy atom. The first-order chi connectivity index (χ1) is 3.93. The molecule has 3 nitrogen and oxygen atoms in total. The Morgan fingerprint density at radius 1 is 1.10 bits per heavy atom. The molecule has 0 radical (unpaired) electrons. The molecule has 0 amide bonds. The van der Waals surface area contributed by atoms with Gasteiger partial charge in [-0.05, 0) is 25.7 Å². The molecule has 0 aliphatic heterocycles. The summed E-state index contributed by atoms with van der Waals surface area (Å²) in [5.74, 6) is 0. The molecule has 0 aromatic heterocycles. The summed E-state index contributed by atoms with van der Waals surface area (Å²) < 4.78 is 0. The average molecular weight is 167 g/mol. The van der Waals surface area contributed by atoms with E-state index in [1.807, 2.05) is 0 Å². The van der Waals surface area contributed by atoms with Crippen LogP contribution in [-0.2, 0) is 0 Å². The van der Waals surface area contributed by atoms with E-state index in [2.05, 4.69) is 5.16 Å². The summed E-state index contributed by atoms with van der Waals surface area (Å²) >= 11 is 0. The molecule has 0 heterocycles. The van der Waals surface area contributed by atoms with Crippen molar-refractivity contribution in [3.05, 3.63) is 0 Å². The van der Waals surface area contributed by atoms with E-state index in [1.54, 1.807) is 0 Å². The molecule has 0 aromatic carbocycles. The van der Waals surface area contributed by atoms with Crippen molar-refractivity contribution < 1.29 is 5.21 Å². The maximum absolute atomic E-state index is 8.28. The van der Waals surface area contributed by atoms with Gasteiger partial charge in [0.15, 0.2) is 0 Å². The molecule has 10 heavy (non-hydrogen) atoms. The van der Waals surface area contributed by atoms with E-state index in [9.17, 15) is 0 Å². The fraction of sp³-hybridized carbons (Fsp3) is 0.833. The Morgan fingerprint density at radius 3 is 1.90 bits per heavy atom. The van der Waals surface area contributed by atoms with Crippen LogP contribution in [0.2, 0.25) is 0 Å². The van der Waals surface area contributed by atoms with Crippen LogP contribution < -0.4 is 6.15 Å². The number of hydrogen-bond donors (Lipinski definition) is 2. The van der Waals surface area contributed by atoms with Gasteiger partial charge in [-0.3, -0.25) is 0 Å². The Kier molecular flexibility index (Phi) is 8.48. The van der Waals surface area contributed by atoms with Crippen LogP contribution in [0.5, 0.6) is 0 Å². The van der Waals surface area contributed by atoms with Gasteiger partial charge in [-0.25, -0.2) is 0 Å². The fourth-order valence-electron chi connectivity index (χ4n) is 1.06. The minimum Gasteiger partial charge on any atom is -0.411 e. The molecule has 0 bridgehead atoms. The summed E-state index contributed by atoms with van der Waals surface area (Å²) in [6.45, 7) is 0. The molecule has 4 heteroatoms. The van der Waals surface area contributed by atoms with Gasteiger partial charge in [0.1, 0.15) is 0 Å². The molecule has 0 unspecified atom stereocenters. The van der Waals surface area contributed by atoms with Crippen molar-refractivity contribution in [1.82, 2.24) is 6.15 Å². The van der Waals surface area contributed by atoms with Gasteiger partial charge in [0.2, 0.25) is 0 Å². The Balaban J connectivity index is 0. The normalized spacial score (nSPS) is 16.6. The van der Waals surface area contributed by atoms with Crippen molar-refractivity contribution in [2.24, 2.45) is 5.16 Å². The monoisotopic (exact) mass is 166 g/mol. The number of rotatable bonds is 0. The third kappa shape index (κ3) is 3.69. The third-order valence-electron chi connectivity index (χ3n) is 1.57. The van der Waals surface area contributed by atoms with Crippen molar-refractivity contribution in [1.29, 1.82) is 0 Å². The Bertz CT molecular complexity index is 97.9. The lowest BCUT2D eigenvalue weighted by Gasteiger charge is -2.08. The van der Waals surface area contributed by atoms with Crippen molar-refractivity contribution in [3.8, 4) is 0 Å². The molecule has 0 spiro atoms. The number of nitrogens with zero attached hydrogens (tertiary/aromatic N) is 1. The van der Waals surface area contributed by atoms with E-state index in [0.717, 1.165) is 18.6 Å². The summed E-state index contributed by atoms with van der Waals surface area (Å²) in [6.07, 6.45) is 5.74. The molecule has 1 saturated carbocycles. The summed E-state index contributed by atoms with van der Waals surface area (Å²) in [6, 6.07) is 0. The summed E-state index contributed by atoms with van der Waals surface area (Å²) in [7, 11) is 0. The predicted molar refractivity (Wildman–Crippen MR) is 44.6 cm³/mol. The van der Waals surface area contributed by atoms with E-state index in [0.29, 0.717) is 0 Å². The van der Waals surface area contributed by atoms with Gasteiger partial charge >= 0.3 is 0 Å². The van der Waals surface area contributed by atoms with Crippen molar-refractivity contribution in [3.63, 3.8) is 0 Å². The van der Waals surface area contributed by atoms with Gasteiger partial charge in [0.05, 0.1) is 5.71 Å². The second-order valence-electron chi connectivity index (χ2n) is 2.23. The van der Waals surface area contributed by atoms with Crippen molar-refractivity contribution >= 4 is 18.1 Å². The SMILES string of the molecule is Cl.N.ON=C1CCCCC1. The molecular formula is C6H15ClN2O. The van der Waals surface area contributed by atoms with Gasteiger partial charge in [-0.2, -0.15) is 0 Å². The van der Waals surface area contributed by atoms with Crippen LogP contribution in [0.25, 0.3) is 0 Å². The summed E-state index contributed by atoms with van der Waals surface area (Å²) in [5, 5.41) is 11.4. The molecule has 1 aliphatic rings. The lowest BCUT2D eigenvalue weighted by atomic mass is 9.99. The van der Waals surface area contributed by atoms with Crippen LogP contribution in [0, 0.1) is 0 Å². The smallest absolute Gasteiger partial charge is 0.0570 e. The fourth-order valence-corrected chi connectivity index (χ4v) is 1.06. The van der Waals surface area contributed by atoms with Crippen LogP contribution in [0.4, 0.5) is 0 Å². The zero-order valence-corrected chi connectivity index (χ0v) is 6.86. The molecule has 0 saturated heterocycles. The number of hydrogen-bond acceptors (Lipinski definition) is 3. The first-order valence-corrected chi connectivity index (χ1v) is 3.13. The van der Waals surface area contributed by atoms with E-state index < -0.39 is 0 Å². The van der Waals surface area contributed by atoms with E-state index >= 15 is 0 Å². The van der Waals surface area contributed by atoms with Crippen molar-refractivity contribution in [2.75, 3.05) is 0 Å². The van der Waals surface area contributed by atoms with Crippen LogP contribution in [0.3, 0.4) is 0 Å². The highest BCUT2D eigenvalue weighted by molar-refractivity contribution is 5.85. The molecule has 0 atom stereocenters. The quantitative estimate of drug-likeness (QED) is 0.429. The maximum Gasteiger partial charge on any atom is 0.0570 e. The summed E-state index contributed by atoms with van der Waals surface area (Å²) in [4.78, 5) is 0. The van der Waals surface area contributed by atoms with Gasteiger partial charge < -0.3 is 11.4 Å². The highest BCUT2D eigenvalue weighted by Crippen LogP contribution is 2.13. The van der Waals surface area contributed by atoms with Crippen LogP contribution in [0.15, 0.2) is 5.16 Å². The molecule has 0 aromatic rings. The lowest BCUT2D eigenvalue weighted by molar-refractivity contribution is 0.314. The molecule has 4 N–H and O–H groups in total. The standard InChI is InChI=1S/C6H11NO.ClH.H3N/c8-7-6-4-2-1-3-5-6;;/h8H,1-5H2;1H;1H3. The second kappa shape index (κ2) is 6.83. The highest BCUT2D eigenvalue weighted by atomic mass is 35.5. The largest absolute Gasteiger partial charge is 0.411 e. The van der Waals surface area contributed by atoms with E-state index in [4.69, 9.17) is 5.21 Å². The first-order valence-electron chi connectivity index (χ1n) is 3.13. The minimum absolute atomic E-state index is 0. The predicted octanol–water partition coefficient (Wildman–Crippen LogP) is 2.36. The Hall–Kier alpha value is -0.280. The second-order valence-corrected chi connectivity index (χ2v) is 2.23. The molecule has 1 aliphatic carbocycles. The van der Waals surface area contributed by atoms with Crippen molar-refractivity contribution in [2.45, 2.75) is 32.1 Å². The zero-order chi connectivity index (χ0) is 5.82. The summed E-state index contributed by atoms with van der Waals surface area (Å²) in [5.41, 5.74) is 0.983. The van der Waals surface area contributed by atoms with E-state index in [-0.39, 0.29) is 18.6 Å². The molecule has 62 valence electrons. The molecule has 1 rings (SSSR count). The molecular weight excluding hydrogens is 152 g/mol. The first kappa shape index (κ1) is 12.4. The minimum atomic E-state index is 0. The highest BCUT2D eigenvalue weighted by Gasteiger charge is 2.05. The van der Waals surface area contributed by atoms with Gasteiger partial charge in [-0.1, -0.05) is 11.6 Å². The number of oxime groups is 1. The molecule has 1 fully saturated rings. The van der Waals surface area contributed by atoms with E-state index in [1.165, 1.54) is 19.3 Å². The van der Waals surface area contributed by atoms with Gasteiger partial charge in [0, 0.05) is 0 Å². The number of halogens is 1. The van der Waals surface area contributed by atoms with Gasteiger partial charge in [0.25, 0.3) is 0 Å². The Labute approximate surface area is 67.5 Å². The maximum atomic E-state index is 8.28. The third-order valence-corrected chi connectivity index (χ3v) is 1.57.